The molecule has 0 amide bonds. The standard InChI is InChI=1S/C15H15N5S/c1-11-13(9-16)15(21-14-7-8-17-10-18-14)20(19-11)12-5-3-2-4-6-12/h2-8,10H,9,16H2,1H3. The predicted octanol–water partition coefficient (Wildman–Crippen LogP) is 2.58. The first-order chi connectivity index (χ1) is 10.3. The van der Waals surface area contributed by atoms with Crippen molar-refractivity contribution in [2.24, 2.45) is 5.73 Å². The molecule has 0 aliphatic rings. The Morgan fingerprint density at radius 1 is 1.19 bits per heavy atom. The number of hydrogen-bond acceptors (Lipinski definition) is 5. The molecule has 0 saturated heterocycles. The van der Waals surface area contributed by atoms with E-state index in [0.717, 1.165) is 27.0 Å². The summed E-state index contributed by atoms with van der Waals surface area (Å²) in [6.45, 7) is 2.43. The largest absolute Gasteiger partial charge is 0.326 e. The lowest BCUT2D eigenvalue weighted by Crippen LogP contribution is -2.01. The van der Waals surface area contributed by atoms with Crippen molar-refractivity contribution in [3.05, 3.63) is 60.2 Å². The molecule has 2 N–H and O–H groups in total. The van der Waals surface area contributed by atoms with Gasteiger partial charge in [-0.3, -0.25) is 0 Å². The Kier molecular flexibility index (Phi) is 3.98. The van der Waals surface area contributed by atoms with Gasteiger partial charge in [-0.15, -0.1) is 0 Å². The minimum absolute atomic E-state index is 0.450. The third-order valence-electron chi connectivity index (χ3n) is 3.10. The molecule has 21 heavy (non-hydrogen) atoms. The molecule has 0 aliphatic heterocycles. The summed E-state index contributed by atoms with van der Waals surface area (Å²) in [5.74, 6) is 0. The fourth-order valence-electron chi connectivity index (χ4n) is 2.06. The lowest BCUT2D eigenvalue weighted by atomic mass is 10.3. The van der Waals surface area contributed by atoms with Gasteiger partial charge in [-0.25, -0.2) is 14.6 Å². The van der Waals surface area contributed by atoms with Crippen LogP contribution in [0.15, 0.2) is 59.0 Å². The van der Waals surface area contributed by atoms with Crippen LogP contribution < -0.4 is 5.73 Å². The van der Waals surface area contributed by atoms with E-state index < -0.39 is 0 Å². The molecule has 3 rings (SSSR count). The second-order valence-electron chi connectivity index (χ2n) is 4.47. The molecule has 106 valence electrons. The number of aryl methyl sites for hydroxylation is 1. The monoisotopic (exact) mass is 297 g/mol. The van der Waals surface area contributed by atoms with E-state index in [1.165, 1.54) is 0 Å². The van der Waals surface area contributed by atoms with Crippen molar-refractivity contribution >= 4 is 11.8 Å². The maximum absolute atomic E-state index is 5.90. The molecule has 0 spiro atoms. The molecule has 0 bridgehead atoms. The van der Waals surface area contributed by atoms with Gasteiger partial charge in [0.25, 0.3) is 0 Å². The van der Waals surface area contributed by atoms with Crippen LogP contribution in [0.1, 0.15) is 11.3 Å². The average Bonchev–Trinajstić information content (AvgIpc) is 2.85. The number of aromatic nitrogens is 4. The van der Waals surface area contributed by atoms with Gasteiger partial charge in [0.15, 0.2) is 0 Å². The molecule has 3 aromatic rings. The summed E-state index contributed by atoms with van der Waals surface area (Å²) in [4.78, 5) is 8.21. The summed E-state index contributed by atoms with van der Waals surface area (Å²) in [5, 5.41) is 6.49. The predicted molar refractivity (Wildman–Crippen MR) is 82.3 cm³/mol. The Morgan fingerprint density at radius 3 is 2.67 bits per heavy atom. The summed E-state index contributed by atoms with van der Waals surface area (Å²) in [7, 11) is 0. The number of hydrogen-bond donors (Lipinski definition) is 1. The highest BCUT2D eigenvalue weighted by Gasteiger charge is 2.16. The van der Waals surface area contributed by atoms with Gasteiger partial charge in [-0.1, -0.05) is 18.2 Å². The van der Waals surface area contributed by atoms with Crippen molar-refractivity contribution in [2.45, 2.75) is 23.5 Å². The van der Waals surface area contributed by atoms with Crippen molar-refractivity contribution in [1.82, 2.24) is 19.7 Å². The fourth-order valence-corrected chi connectivity index (χ4v) is 3.07. The van der Waals surface area contributed by atoms with Gasteiger partial charge in [-0.05, 0) is 36.9 Å². The van der Waals surface area contributed by atoms with Crippen molar-refractivity contribution in [3.8, 4) is 5.69 Å². The van der Waals surface area contributed by atoms with Crippen molar-refractivity contribution in [2.75, 3.05) is 0 Å². The second kappa shape index (κ2) is 6.07. The zero-order chi connectivity index (χ0) is 14.7. The van der Waals surface area contributed by atoms with Gasteiger partial charge < -0.3 is 5.73 Å². The van der Waals surface area contributed by atoms with Crippen LogP contribution in [0.3, 0.4) is 0 Å². The quantitative estimate of drug-likeness (QED) is 0.750. The molecule has 0 unspecified atom stereocenters. The maximum Gasteiger partial charge on any atom is 0.116 e. The minimum atomic E-state index is 0.450. The highest BCUT2D eigenvalue weighted by atomic mass is 32.2. The van der Waals surface area contributed by atoms with Crippen LogP contribution in [-0.2, 0) is 6.54 Å². The number of benzene rings is 1. The molecule has 2 heterocycles. The second-order valence-corrected chi connectivity index (χ2v) is 5.48. The summed E-state index contributed by atoms with van der Waals surface area (Å²) >= 11 is 1.55. The van der Waals surface area contributed by atoms with E-state index in [0.29, 0.717) is 6.54 Å². The maximum atomic E-state index is 5.90. The van der Waals surface area contributed by atoms with Crippen LogP contribution in [0.25, 0.3) is 5.69 Å². The first-order valence-electron chi connectivity index (χ1n) is 6.57. The van der Waals surface area contributed by atoms with Gasteiger partial charge in [0, 0.05) is 18.3 Å². The van der Waals surface area contributed by atoms with E-state index in [1.54, 1.807) is 24.3 Å². The number of nitrogens with zero attached hydrogens (tertiary/aromatic N) is 4. The molecule has 0 radical (unpaired) electrons. The Balaban J connectivity index is 2.09. The SMILES string of the molecule is Cc1nn(-c2ccccc2)c(Sc2ccncn2)c1CN. The molecular formula is C15H15N5S. The Morgan fingerprint density at radius 2 is 2.00 bits per heavy atom. The molecule has 2 aromatic heterocycles. The van der Waals surface area contributed by atoms with Crippen molar-refractivity contribution in [1.29, 1.82) is 0 Å². The molecule has 0 aliphatic carbocycles. The van der Waals surface area contributed by atoms with Gasteiger partial charge in [-0.2, -0.15) is 5.10 Å². The molecule has 0 atom stereocenters. The van der Waals surface area contributed by atoms with Crippen LogP contribution in [0.2, 0.25) is 0 Å². The number of rotatable bonds is 4. The van der Waals surface area contributed by atoms with E-state index in [2.05, 4.69) is 15.1 Å². The molecule has 0 saturated carbocycles. The van der Waals surface area contributed by atoms with E-state index in [-0.39, 0.29) is 0 Å². The topological polar surface area (TPSA) is 69.6 Å². The number of para-hydroxylation sites is 1. The van der Waals surface area contributed by atoms with Crippen molar-refractivity contribution in [3.63, 3.8) is 0 Å². The van der Waals surface area contributed by atoms with Crippen LogP contribution in [0.4, 0.5) is 0 Å². The molecule has 5 nitrogen and oxygen atoms in total. The zero-order valence-corrected chi connectivity index (χ0v) is 12.4. The summed E-state index contributed by atoms with van der Waals surface area (Å²) in [6, 6.07) is 11.9. The summed E-state index contributed by atoms with van der Waals surface area (Å²) < 4.78 is 1.92. The third-order valence-corrected chi connectivity index (χ3v) is 4.16. The van der Waals surface area contributed by atoms with Gasteiger partial charge >= 0.3 is 0 Å². The number of nitrogens with two attached hydrogens (primary N) is 1. The fraction of sp³-hybridized carbons (Fsp3) is 0.133. The summed E-state index contributed by atoms with van der Waals surface area (Å²) in [5.41, 5.74) is 8.89. The van der Waals surface area contributed by atoms with Crippen LogP contribution in [0.5, 0.6) is 0 Å². The van der Waals surface area contributed by atoms with Gasteiger partial charge in [0.05, 0.1) is 11.4 Å². The first kappa shape index (κ1) is 13.8. The smallest absolute Gasteiger partial charge is 0.116 e. The molecular weight excluding hydrogens is 282 g/mol. The van der Waals surface area contributed by atoms with E-state index in [4.69, 9.17) is 5.73 Å². The van der Waals surface area contributed by atoms with E-state index >= 15 is 0 Å². The average molecular weight is 297 g/mol. The molecule has 0 fully saturated rings. The van der Waals surface area contributed by atoms with Crippen LogP contribution in [0, 0.1) is 6.92 Å². The minimum Gasteiger partial charge on any atom is -0.326 e. The van der Waals surface area contributed by atoms with Gasteiger partial charge in [0.1, 0.15) is 16.4 Å². The summed E-state index contributed by atoms with van der Waals surface area (Å²) in [6.07, 6.45) is 3.27. The highest BCUT2D eigenvalue weighted by Crippen LogP contribution is 2.32. The Bertz CT molecular complexity index is 725. The zero-order valence-electron chi connectivity index (χ0n) is 11.6. The molecule has 1 aromatic carbocycles. The van der Waals surface area contributed by atoms with Crippen LogP contribution >= 0.6 is 11.8 Å². The molecule has 6 heteroatoms. The Hall–Kier alpha value is -2.18. The van der Waals surface area contributed by atoms with E-state index in [1.807, 2.05) is 48.0 Å². The third kappa shape index (κ3) is 2.81. The lowest BCUT2D eigenvalue weighted by Gasteiger charge is -2.08. The lowest BCUT2D eigenvalue weighted by molar-refractivity contribution is 0.787. The first-order valence-corrected chi connectivity index (χ1v) is 7.39. The van der Waals surface area contributed by atoms with E-state index in [9.17, 15) is 0 Å². The van der Waals surface area contributed by atoms with Gasteiger partial charge in [0.2, 0.25) is 0 Å². The normalized spacial score (nSPS) is 10.8. The highest BCUT2D eigenvalue weighted by molar-refractivity contribution is 7.99. The van der Waals surface area contributed by atoms with Crippen molar-refractivity contribution < 1.29 is 0 Å². The van der Waals surface area contributed by atoms with Crippen LogP contribution in [-0.4, -0.2) is 19.7 Å². The Labute approximate surface area is 127 Å².